The minimum atomic E-state index is -1.21. The summed E-state index contributed by atoms with van der Waals surface area (Å²) in [6.07, 6.45) is -1.21. The van der Waals surface area contributed by atoms with E-state index in [9.17, 15) is 9.90 Å². The molecule has 30 heavy (non-hydrogen) atoms. The quantitative estimate of drug-likeness (QED) is 0.308. The average Bonchev–Trinajstić information content (AvgIpc) is 2.75. The molecule has 150 valence electrons. The van der Waals surface area contributed by atoms with Crippen molar-refractivity contribution >= 4 is 45.6 Å². The van der Waals surface area contributed by atoms with Crippen LogP contribution in [0.5, 0.6) is 0 Å². The predicted molar refractivity (Wildman–Crippen MR) is 120 cm³/mol. The molecule has 0 spiro atoms. The van der Waals surface area contributed by atoms with Gasteiger partial charge in [0.25, 0.3) is 5.56 Å². The number of halogens is 2. The molecule has 0 bridgehead atoms. The van der Waals surface area contributed by atoms with Crippen LogP contribution in [0.15, 0.2) is 82.7 Å². The molecule has 0 saturated heterocycles. The van der Waals surface area contributed by atoms with E-state index in [2.05, 4.69) is 20.5 Å². The summed E-state index contributed by atoms with van der Waals surface area (Å²) in [6.45, 7) is 0. The number of hydrogen-bond acceptors (Lipinski definition) is 5. The van der Waals surface area contributed by atoms with Crippen molar-refractivity contribution in [2.45, 2.75) is 6.10 Å². The zero-order valence-electron chi connectivity index (χ0n) is 15.5. The number of anilines is 1. The van der Waals surface area contributed by atoms with Crippen molar-refractivity contribution in [1.82, 2.24) is 9.97 Å². The molecule has 3 aromatic carbocycles. The lowest BCUT2D eigenvalue weighted by molar-refractivity contribution is 0.247. The SMILES string of the molecule is O=c1[nH]c2cc(Cl)ccc2nc1C(=NNc1ccccc1)C(O)c1ccc(Cl)cc1. The molecule has 0 fully saturated rings. The van der Waals surface area contributed by atoms with Gasteiger partial charge in [0.05, 0.1) is 16.7 Å². The number of para-hydroxylation sites is 1. The number of nitrogens with one attached hydrogen (secondary N) is 2. The second-order valence-electron chi connectivity index (χ2n) is 6.50. The standard InChI is InChI=1S/C22H16Cl2N4O2/c23-14-8-6-13(7-9-14)21(29)19(28-27-16-4-2-1-3-5-16)20-22(30)26-18-12-15(24)10-11-17(18)25-20/h1-12,21,27,29H,(H,26,30). The lowest BCUT2D eigenvalue weighted by atomic mass is 10.0. The van der Waals surface area contributed by atoms with E-state index in [0.717, 1.165) is 0 Å². The molecule has 1 unspecified atom stereocenters. The largest absolute Gasteiger partial charge is 0.382 e. The molecule has 0 amide bonds. The van der Waals surface area contributed by atoms with Crippen LogP contribution in [-0.4, -0.2) is 20.8 Å². The van der Waals surface area contributed by atoms with Gasteiger partial charge in [-0.2, -0.15) is 5.10 Å². The van der Waals surface area contributed by atoms with E-state index in [1.54, 1.807) is 42.5 Å². The van der Waals surface area contributed by atoms with Crippen LogP contribution in [0, 0.1) is 0 Å². The number of aliphatic hydroxyl groups is 1. The molecular formula is C22H16Cl2N4O2. The van der Waals surface area contributed by atoms with E-state index in [1.165, 1.54) is 0 Å². The summed E-state index contributed by atoms with van der Waals surface area (Å²) in [5.41, 5.74) is 4.68. The summed E-state index contributed by atoms with van der Waals surface area (Å²) in [6, 6.07) is 20.8. The number of hydrazone groups is 1. The predicted octanol–water partition coefficient (Wildman–Crippen LogP) is 4.78. The van der Waals surface area contributed by atoms with Gasteiger partial charge in [-0.05, 0) is 48.0 Å². The van der Waals surface area contributed by atoms with E-state index >= 15 is 0 Å². The first-order valence-corrected chi connectivity index (χ1v) is 9.79. The molecule has 1 heterocycles. The fourth-order valence-corrected chi connectivity index (χ4v) is 3.21. The Labute approximate surface area is 181 Å². The van der Waals surface area contributed by atoms with Crippen LogP contribution in [0.4, 0.5) is 5.69 Å². The number of benzene rings is 3. The van der Waals surface area contributed by atoms with Crippen molar-refractivity contribution in [2.75, 3.05) is 5.43 Å². The Hall–Kier alpha value is -3.19. The van der Waals surface area contributed by atoms with E-state index in [0.29, 0.717) is 32.3 Å². The topological polar surface area (TPSA) is 90.4 Å². The molecule has 0 saturated carbocycles. The highest BCUT2D eigenvalue weighted by Gasteiger charge is 2.22. The van der Waals surface area contributed by atoms with Crippen LogP contribution in [0.3, 0.4) is 0 Å². The number of aliphatic hydroxyl groups excluding tert-OH is 1. The monoisotopic (exact) mass is 438 g/mol. The third kappa shape index (κ3) is 4.36. The molecule has 8 heteroatoms. The van der Waals surface area contributed by atoms with E-state index in [1.807, 2.05) is 30.3 Å². The van der Waals surface area contributed by atoms with Gasteiger partial charge in [0.2, 0.25) is 0 Å². The molecule has 0 radical (unpaired) electrons. The number of rotatable bonds is 5. The molecule has 0 aliphatic carbocycles. The molecule has 4 aromatic rings. The van der Waals surface area contributed by atoms with Crippen molar-refractivity contribution in [3.8, 4) is 0 Å². The normalized spacial score (nSPS) is 12.7. The van der Waals surface area contributed by atoms with Crippen LogP contribution >= 0.6 is 23.2 Å². The Morgan fingerprint density at radius 1 is 1.00 bits per heavy atom. The zero-order valence-corrected chi connectivity index (χ0v) is 17.0. The van der Waals surface area contributed by atoms with Gasteiger partial charge < -0.3 is 10.1 Å². The zero-order chi connectivity index (χ0) is 21.1. The molecule has 6 nitrogen and oxygen atoms in total. The second-order valence-corrected chi connectivity index (χ2v) is 7.38. The lowest BCUT2D eigenvalue weighted by Crippen LogP contribution is -2.26. The highest BCUT2D eigenvalue weighted by atomic mass is 35.5. The molecular weight excluding hydrogens is 423 g/mol. The molecule has 1 atom stereocenters. The Bertz CT molecular complexity index is 1270. The fraction of sp³-hybridized carbons (Fsp3) is 0.0455. The summed E-state index contributed by atoms with van der Waals surface area (Å²) in [7, 11) is 0. The molecule has 4 rings (SSSR count). The third-order valence-electron chi connectivity index (χ3n) is 4.42. The number of aromatic amines is 1. The summed E-state index contributed by atoms with van der Waals surface area (Å²) in [5.74, 6) is 0. The summed E-state index contributed by atoms with van der Waals surface area (Å²) in [4.78, 5) is 20.0. The highest BCUT2D eigenvalue weighted by molar-refractivity contribution is 6.31. The van der Waals surface area contributed by atoms with Crippen LogP contribution < -0.4 is 11.0 Å². The minimum Gasteiger partial charge on any atom is -0.382 e. The van der Waals surface area contributed by atoms with E-state index in [-0.39, 0.29) is 11.4 Å². The molecule has 0 aliphatic rings. The summed E-state index contributed by atoms with van der Waals surface area (Å²) in [5, 5.41) is 16.4. The van der Waals surface area contributed by atoms with Crippen molar-refractivity contribution in [2.24, 2.45) is 5.10 Å². The third-order valence-corrected chi connectivity index (χ3v) is 4.91. The van der Waals surface area contributed by atoms with Crippen molar-refractivity contribution in [1.29, 1.82) is 0 Å². The highest BCUT2D eigenvalue weighted by Crippen LogP contribution is 2.21. The average molecular weight is 439 g/mol. The maximum Gasteiger partial charge on any atom is 0.276 e. The second kappa shape index (κ2) is 8.67. The number of nitrogens with zero attached hydrogens (tertiary/aromatic N) is 2. The van der Waals surface area contributed by atoms with Crippen LogP contribution in [0.1, 0.15) is 17.4 Å². The van der Waals surface area contributed by atoms with E-state index in [4.69, 9.17) is 23.2 Å². The molecule has 1 aromatic heterocycles. The fourth-order valence-electron chi connectivity index (χ4n) is 2.92. The molecule has 3 N–H and O–H groups in total. The van der Waals surface area contributed by atoms with Gasteiger partial charge in [0.15, 0.2) is 5.69 Å². The Balaban J connectivity index is 1.83. The Morgan fingerprint density at radius 2 is 1.70 bits per heavy atom. The smallest absolute Gasteiger partial charge is 0.276 e. The van der Waals surface area contributed by atoms with Crippen molar-refractivity contribution < 1.29 is 5.11 Å². The summed E-state index contributed by atoms with van der Waals surface area (Å²) >= 11 is 12.0. The van der Waals surface area contributed by atoms with Gasteiger partial charge in [-0.25, -0.2) is 4.98 Å². The van der Waals surface area contributed by atoms with Gasteiger partial charge in [0.1, 0.15) is 11.8 Å². The van der Waals surface area contributed by atoms with Gasteiger partial charge in [-0.15, -0.1) is 0 Å². The first-order chi connectivity index (χ1) is 14.5. The Kier molecular flexibility index (Phi) is 5.81. The number of hydrogen-bond donors (Lipinski definition) is 3. The minimum absolute atomic E-state index is 0.00398. The number of fused-ring (bicyclic) bond motifs is 1. The maximum absolute atomic E-state index is 12.8. The Morgan fingerprint density at radius 3 is 2.43 bits per heavy atom. The lowest BCUT2D eigenvalue weighted by Gasteiger charge is -2.15. The summed E-state index contributed by atoms with van der Waals surface area (Å²) < 4.78 is 0. The number of aromatic nitrogens is 2. The van der Waals surface area contributed by atoms with Crippen LogP contribution in [-0.2, 0) is 0 Å². The van der Waals surface area contributed by atoms with Gasteiger partial charge in [-0.3, -0.25) is 10.2 Å². The van der Waals surface area contributed by atoms with Crippen molar-refractivity contribution in [3.05, 3.63) is 104 Å². The van der Waals surface area contributed by atoms with Gasteiger partial charge >= 0.3 is 0 Å². The van der Waals surface area contributed by atoms with Crippen LogP contribution in [0.2, 0.25) is 10.0 Å². The van der Waals surface area contributed by atoms with Crippen LogP contribution in [0.25, 0.3) is 11.0 Å². The van der Waals surface area contributed by atoms with E-state index < -0.39 is 11.7 Å². The maximum atomic E-state index is 12.8. The number of H-pyrrole nitrogens is 1. The molecule has 0 aliphatic heterocycles. The van der Waals surface area contributed by atoms with Gasteiger partial charge in [0, 0.05) is 10.0 Å². The first kappa shape index (κ1) is 20.1. The van der Waals surface area contributed by atoms with Crippen molar-refractivity contribution in [3.63, 3.8) is 0 Å². The first-order valence-electron chi connectivity index (χ1n) is 9.03. The van der Waals surface area contributed by atoms with Gasteiger partial charge in [-0.1, -0.05) is 53.5 Å².